The summed E-state index contributed by atoms with van der Waals surface area (Å²) in [5, 5.41) is 10.2. The lowest BCUT2D eigenvalue weighted by Crippen LogP contribution is -1.99. The topological polar surface area (TPSA) is 60.2 Å². The fraction of sp³-hybridized carbons (Fsp3) is 0.650. The van der Waals surface area contributed by atoms with Crippen LogP contribution in [0.15, 0.2) is 36.5 Å². The second-order valence-electron chi connectivity index (χ2n) is 5.95. The van der Waals surface area contributed by atoms with Crippen molar-refractivity contribution in [2.24, 2.45) is 0 Å². The maximum Gasteiger partial charge on any atom is 0.203 e. The van der Waals surface area contributed by atoms with Crippen molar-refractivity contribution in [3.8, 4) is 0 Å². The van der Waals surface area contributed by atoms with Crippen LogP contribution in [-0.2, 0) is 4.79 Å². The predicted molar refractivity (Wildman–Crippen MR) is 101 cm³/mol. The van der Waals surface area contributed by atoms with Crippen molar-refractivity contribution in [3.63, 3.8) is 0 Å². The molecule has 0 fully saturated rings. The van der Waals surface area contributed by atoms with E-state index in [2.05, 4.69) is 36.5 Å². The summed E-state index contributed by atoms with van der Waals surface area (Å²) in [6, 6.07) is 0. The second kappa shape index (κ2) is 19.3. The molecule has 0 aliphatic rings. The van der Waals surface area contributed by atoms with Crippen molar-refractivity contribution >= 4 is 6.29 Å². The van der Waals surface area contributed by atoms with Gasteiger partial charge in [0.25, 0.3) is 0 Å². The van der Waals surface area contributed by atoms with Gasteiger partial charge in [0.15, 0.2) is 0 Å². The van der Waals surface area contributed by atoms with E-state index in [0.717, 1.165) is 51.2 Å². The van der Waals surface area contributed by atoms with E-state index in [1.165, 1.54) is 19.3 Å². The van der Waals surface area contributed by atoms with Crippen LogP contribution in [0.1, 0.15) is 77.0 Å². The molecule has 0 N–H and O–H groups in total. The van der Waals surface area contributed by atoms with Gasteiger partial charge in [-0.05, 0) is 44.9 Å². The Morgan fingerprint density at radius 2 is 1.12 bits per heavy atom. The first kappa shape index (κ1) is 22.3. The van der Waals surface area contributed by atoms with E-state index in [1.54, 1.807) is 0 Å². The number of nitro groups is 1. The zero-order chi connectivity index (χ0) is 17.7. The molecule has 0 atom stereocenters. The number of carbonyl (C=O) groups excluding carboxylic acids is 1. The molecule has 24 heavy (non-hydrogen) atoms. The Balaban J connectivity index is 3.27. The van der Waals surface area contributed by atoms with Crippen molar-refractivity contribution in [1.82, 2.24) is 0 Å². The highest BCUT2D eigenvalue weighted by Gasteiger charge is 1.96. The first-order valence-electron chi connectivity index (χ1n) is 9.27. The highest BCUT2D eigenvalue weighted by atomic mass is 16.6. The molecule has 0 aromatic carbocycles. The van der Waals surface area contributed by atoms with E-state index in [9.17, 15) is 14.9 Å². The second-order valence-corrected chi connectivity index (χ2v) is 5.95. The minimum Gasteiger partial charge on any atom is -0.303 e. The summed E-state index contributed by atoms with van der Waals surface area (Å²) in [4.78, 5) is 20.1. The number of hydrogen-bond donors (Lipinski definition) is 0. The zero-order valence-corrected chi connectivity index (χ0v) is 14.9. The molecule has 0 bridgehead atoms. The highest BCUT2D eigenvalue weighted by molar-refractivity contribution is 5.48. The van der Waals surface area contributed by atoms with Gasteiger partial charge >= 0.3 is 0 Å². The smallest absolute Gasteiger partial charge is 0.203 e. The fourth-order valence-electron chi connectivity index (χ4n) is 2.31. The predicted octanol–water partition coefficient (Wildman–Crippen LogP) is 5.81. The summed E-state index contributed by atoms with van der Waals surface area (Å²) in [6.45, 7) is 0.117. The Morgan fingerprint density at radius 3 is 1.71 bits per heavy atom. The molecule has 0 amide bonds. The minimum absolute atomic E-state index is 0.117. The van der Waals surface area contributed by atoms with Crippen molar-refractivity contribution in [3.05, 3.63) is 46.6 Å². The third-order valence-electron chi connectivity index (χ3n) is 3.70. The Morgan fingerprint density at radius 1 is 0.625 bits per heavy atom. The van der Waals surface area contributed by atoms with Crippen LogP contribution >= 0.6 is 0 Å². The van der Waals surface area contributed by atoms with Crippen LogP contribution in [-0.4, -0.2) is 17.8 Å². The molecule has 0 aromatic rings. The Hall–Kier alpha value is -1.71. The largest absolute Gasteiger partial charge is 0.303 e. The first-order valence-corrected chi connectivity index (χ1v) is 9.27. The lowest BCUT2D eigenvalue weighted by molar-refractivity contribution is -0.480. The lowest BCUT2D eigenvalue weighted by Gasteiger charge is -1.98. The summed E-state index contributed by atoms with van der Waals surface area (Å²) in [5.41, 5.74) is 0. The molecule has 0 saturated heterocycles. The molecule has 0 aromatic heterocycles. The van der Waals surface area contributed by atoms with E-state index in [1.807, 2.05) is 0 Å². The maximum atomic E-state index is 10.2. The van der Waals surface area contributed by atoms with E-state index >= 15 is 0 Å². The Labute approximate surface area is 146 Å². The van der Waals surface area contributed by atoms with Gasteiger partial charge < -0.3 is 4.79 Å². The van der Waals surface area contributed by atoms with Crippen molar-refractivity contribution < 1.29 is 9.72 Å². The van der Waals surface area contributed by atoms with Gasteiger partial charge in [0, 0.05) is 17.8 Å². The molecule has 0 spiro atoms. The number of aldehydes is 1. The molecule has 0 radical (unpaired) electrons. The minimum atomic E-state index is -0.231. The molecule has 136 valence electrons. The van der Waals surface area contributed by atoms with Crippen LogP contribution in [0.2, 0.25) is 0 Å². The number of unbranched alkanes of at least 4 members (excludes halogenated alkanes) is 8. The van der Waals surface area contributed by atoms with Crippen molar-refractivity contribution in [1.29, 1.82) is 0 Å². The van der Waals surface area contributed by atoms with E-state index < -0.39 is 0 Å². The van der Waals surface area contributed by atoms with Gasteiger partial charge in [0.2, 0.25) is 6.54 Å². The van der Waals surface area contributed by atoms with Crippen LogP contribution in [0.3, 0.4) is 0 Å². The third kappa shape index (κ3) is 20.3. The average Bonchev–Trinajstić information content (AvgIpc) is 2.56. The standard InChI is InChI=1S/C20H33NO3/c22-20-18-16-14-12-10-8-6-4-2-1-3-5-7-9-11-13-15-17-19-21(23)24/h1,3-4,6,10,12,20H,2,5,7-9,11,13-19H2. The van der Waals surface area contributed by atoms with Crippen LogP contribution in [0, 0.1) is 10.1 Å². The molecule has 4 heteroatoms. The monoisotopic (exact) mass is 335 g/mol. The maximum absolute atomic E-state index is 10.2. The molecular formula is C20H33NO3. The van der Waals surface area contributed by atoms with E-state index in [0.29, 0.717) is 12.8 Å². The van der Waals surface area contributed by atoms with Crippen LogP contribution in [0.4, 0.5) is 0 Å². The summed E-state index contributed by atoms with van der Waals surface area (Å²) in [6.07, 6.45) is 26.2. The average molecular weight is 335 g/mol. The molecule has 0 saturated carbocycles. The van der Waals surface area contributed by atoms with Crippen molar-refractivity contribution in [2.75, 3.05) is 6.54 Å². The highest BCUT2D eigenvalue weighted by Crippen LogP contribution is 2.08. The van der Waals surface area contributed by atoms with Gasteiger partial charge in [-0.1, -0.05) is 55.7 Å². The van der Waals surface area contributed by atoms with Gasteiger partial charge in [-0.2, -0.15) is 0 Å². The molecule has 4 nitrogen and oxygen atoms in total. The number of nitrogens with zero attached hydrogens (tertiary/aromatic N) is 1. The number of allylic oxidation sites excluding steroid dienone is 6. The molecular weight excluding hydrogens is 302 g/mol. The van der Waals surface area contributed by atoms with Gasteiger partial charge in [0.05, 0.1) is 0 Å². The summed E-state index contributed by atoms with van der Waals surface area (Å²) in [5.74, 6) is 0. The SMILES string of the molecule is O=CCCCC=CCC=CCC=CCCCCCCCC[N+](=O)[O-]. The molecule has 0 heterocycles. The summed E-state index contributed by atoms with van der Waals surface area (Å²) in [7, 11) is 0. The Bertz CT molecular complexity index is 386. The van der Waals surface area contributed by atoms with Crippen LogP contribution in [0.5, 0.6) is 0 Å². The van der Waals surface area contributed by atoms with E-state index in [4.69, 9.17) is 0 Å². The molecule has 0 unspecified atom stereocenters. The lowest BCUT2D eigenvalue weighted by atomic mass is 10.1. The number of rotatable bonds is 17. The zero-order valence-electron chi connectivity index (χ0n) is 14.9. The van der Waals surface area contributed by atoms with Crippen LogP contribution in [0.25, 0.3) is 0 Å². The molecule has 0 rings (SSSR count). The van der Waals surface area contributed by atoms with Gasteiger partial charge in [-0.25, -0.2) is 0 Å². The number of hydrogen-bond acceptors (Lipinski definition) is 3. The van der Waals surface area contributed by atoms with Gasteiger partial charge in [-0.15, -0.1) is 0 Å². The van der Waals surface area contributed by atoms with Gasteiger partial charge in [-0.3, -0.25) is 10.1 Å². The summed E-state index contributed by atoms with van der Waals surface area (Å²) >= 11 is 0. The van der Waals surface area contributed by atoms with Gasteiger partial charge in [0.1, 0.15) is 6.29 Å². The Kier molecular flexibility index (Phi) is 18.0. The fourth-order valence-corrected chi connectivity index (χ4v) is 2.31. The summed E-state index contributed by atoms with van der Waals surface area (Å²) < 4.78 is 0. The first-order chi connectivity index (χ1) is 11.8. The molecule has 0 aliphatic heterocycles. The van der Waals surface area contributed by atoms with Crippen molar-refractivity contribution in [2.45, 2.75) is 77.0 Å². The number of carbonyl (C=O) groups is 1. The third-order valence-corrected chi connectivity index (χ3v) is 3.70. The van der Waals surface area contributed by atoms with Crippen LogP contribution < -0.4 is 0 Å². The molecule has 0 aliphatic carbocycles. The quantitative estimate of drug-likeness (QED) is 0.111. The normalized spacial score (nSPS) is 11.8. The van der Waals surface area contributed by atoms with E-state index in [-0.39, 0.29) is 11.5 Å².